The highest BCUT2D eigenvalue weighted by molar-refractivity contribution is 7.16. The maximum Gasteiger partial charge on any atom is 0.307 e. The quantitative estimate of drug-likeness (QED) is 0.447. The minimum absolute atomic E-state index is 0.0643. The molecule has 0 spiro atoms. The minimum Gasteiger partial charge on any atom is -0.461 e. The van der Waals surface area contributed by atoms with Crippen LogP contribution in [0.25, 0.3) is 10.2 Å². The molecule has 0 saturated heterocycles. The van der Waals surface area contributed by atoms with Gasteiger partial charge < -0.3 is 10.1 Å². The highest BCUT2D eigenvalue weighted by Crippen LogP contribution is 2.14. The molecule has 0 aliphatic carbocycles. The number of nitrogens with zero attached hydrogens (tertiary/aromatic N) is 2. The fraction of sp³-hybridized carbons (Fsp3) is 0.130. The summed E-state index contributed by atoms with van der Waals surface area (Å²) in [5.41, 5.74) is 1.83. The maximum absolute atomic E-state index is 12.3. The number of esters is 1. The Morgan fingerprint density at radius 3 is 2.58 bits per heavy atom. The van der Waals surface area contributed by atoms with E-state index >= 15 is 0 Å². The van der Waals surface area contributed by atoms with Crippen LogP contribution >= 0.6 is 11.3 Å². The fourth-order valence-corrected chi connectivity index (χ4v) is 3.70. The predicted molar refractivity (Wildman–Crippen MR) is 119 cm³/mol. The molecule has 0 aliphatic rings. The molecule has 1 N–H and O–H groups in total. The number of rotatable bonds is 7. The minimum atomic E-state index is -0.414. The Labute approximate surface area is 181 Å². The van der Waals surface area contributed by atoms with Crippen LogP contribution in [0.5, 0.6) is 0 Å². The van der Waals surface area contributed by atoms with Crippen LogP contribution in [0.4, 0.5) is 5.69 Å². The second kappa shape index (κ2) is 9.36. The molecular weight excluding hydrogens is 414 g/mol. The normalized spacial score (nSPS) is 10.7. The van der Waals surface area contributed by atoms with Gasteiger partial charge in [0.25, 0.3) is 11.5 Å². The van der Waals surface area contributed by atoms with E-state index in [9.17, 15) is 14.4 Å². The van der Waals surface area contributed by atoms with Gasteiger partial charge in [0.05, 0.1) is 18.1 Å². The molecule has 0 aliphatic heterocycles. The predicted octanol–water partition coefficient (Wildman–Crippen LogP) is 3.84. The Kier molecular flexibility index (Phi) is 6.18. The standard InChI is InChI=1S/C23H19N3O4S/c27-20(10-12-26-15-24-22-19(23(26)29)11-13-31-22)30-14-16-6-8-17(9-7-16)21(28)25-18-4-2-1-3-5-18/h1-9,11,13,15H,10,12,14H2,(H,25,28). The van der Waals surface area contributed by atoms with Gasteiger partial charge in [-0.3, -0.25) is 19.0 Å². The van der Waals surface area contributed by atoms with Crippen LogP contribution in [0.1, 0.15) is 22.3 Å². The molecule has 2 aromatic carbocycles. The number of hydrogen-bond donors (Lipinski definition) is 1. The number of hydrogen-bond acceptors (Lipinski definition) is 6. The van der Waals surface area contributed by atoms with Gasteiger partial charge in [0.2, 0.25) is 0 Å². The first-order valence-electron chi connectivity index (χ1n) is 9.64. The number of para-hydroxylation sites is 1. The Balaban J connectivity index is 1.27. The fourth-order valence-electron chi connectivity index (χ4n) is 2.98. The van der Waals surface area contributed by atoms with Crippen molar-refractivity contribution in [3.8, 4) is 0 Å². The van der Waals surface area contributed by atoms with Crippen LogP contribution in [-0.4, -0.2) is 21.4 Å². The molecule has 4 rings (SSSR count). The summed E-state index contributed by atoms with van der Waals surface area (Å²) in [6.07, 6.45) is 1.52. The summed E-state index contributed by atoms with van der Waals surface area (Å²) in [5.74, 6) is -0.625. The van der Waals surface area contributed by atoms with Gasteiger partial charge in [-0.1, -0.05) is 30.3 Å². The zero-order chi connectivity index (χ0) is 21.6. The Hall–Kier alpha value is -3.78. The van der Waals surface area contributed by atoms with Gasteiger partial charge in [-0.25, -0.2) is 4.98 Å². The van der Waals surface area contributed by atoms with E-state index in [1.165, 1.54) is 22.2 Å². The molecule has 2 heterocycles. The molecule has 0 unspecified atom stereocenters. The smallest absolute Gasteiger partial charge is 0.307 e. The molecule has 31 heavy (non-hydrogen) atoms. The van der Waals surface area contributed by atoms with Gasteiger partial charge in [-0.2, -0.15) is 0 Å². The number of amides is 1. The number of benzene rings is 2. The number of carbonyl (C=O) groups is 2. The molecule has 156 valence electrons. The summed E-state index contributed by atoms with van der Waals surface area (Å²) in [7, 11) is 0. The lowest BCUT2D eigenvalue weighted by molar-refractivity contribution is -0.145. The monoisotopic (exact) mass is 433 g/mol. The number of nitrogens with one attached hydrogen (secondary N) is 1. The number of aryl methyl sites for hydroxylation is 1. The van der Waals surface area contributed by atoms with E-state index < -0.39 is 5.97 Å². The van der Waals surface area contributed by atoms with Crippen molar-refractivity contribution in [3.63, 3.8) is 0 Å². The molecule has 0 fully saturated rings. The van der Waals surface area contributed by atoms with Crippen LogP contribution in [0.2, 0.25) is 0 Å². The lowest BCUT2D eigenvalue weighted by Gasteiger charge is -2.08. The second-order valence-electron chi connectivity index (χ2n) is 6.81. The van der Waals surface area contributed by atoms with E-state index in [0.29, 0.717) is 15.8 Å². The number of fused-ring (bicyclic) bond motifs is 1. The van der Waals surface area contributed by atoms with Gasteiger partial charge in [-0.15, -0.1) is 11.3 Å². The lowest BCUT2D eigenvalue weighted by Crippen LogP contribution is -2.21. The maximum atomic E-state index is 12.3. The van der Waals surface area contributed by atoms with E-state index in [1.807, 2.05) is 35.7 Å². The van der Waals surface area contributed by atoms with Crippen molar-refractivity contribution in [1.82, 2.24) is 9.55 Å². The Morgan fingerprint density at radius 1 is 1.03 bits per heavy atom. The van der Waals surface area contributed by atoms with Crippen molar-refractivity contribution in [1.29, 1.82) is 0 Å². The number of ether oxygens (including phenoxy) is 1. The average Bonchev–Trinajstić information content (AvgIpc) is 3.28. The Morgan fingerprint density at radius 2 is 1.81 bits per heavy atom. The highest BCUT2D eigenvalue weighted by atomic mass is 32.1. The van der Waals surface area contributed by atoms with E-state index in [4.69, 9.17) is 4.74 Å². The van der Waals surface area contributed by atoms with Crippen molar-refractivity contribution < 1.29 is 14.3 Å². The van der Waals surface area contributed by atoms with Crippen LogP contribution in [-0.2, 0) is 22.7 Å². The topological polar surface area (TPSA) is 90.3 Å². The van der Waals surface area contributed by atoms with Gasteiger partial charge in [-0.05, 0) is 41.3 Å². The summed E-state index contributed by atoms with van der Waals surface area (Å²) in [5, 5.41) is 5.18. The van der Waals surface area contributed by atoms with Crippen LogP contribution < -0.4 is 10.9 Å². The summed E-state index contributed by atoms with van der Waals surface area (Å²) >= 11 is 1.40. The van der Waals surface area contributed by atoms with Gasteiger partial charge in [0, 0.05) is 17.8 Å². The first-order valence-corrected chi connectivity index (χ1v) is 10.5. The number of anilines is 1. The molecule has 2 aromatic heterocycles. The van der Waals surface area contributed by atoms with Crippen LogP contribution in [0, 0.1) is 0 Å². The van der Waals surface area contributed by atoms with Crippen molar-refractivity contribution in [2.24, 2.45) is 0 Å². The molecule has 0 saturated carbocycles. The van der Waals surface area contributed by atoms with Crippen molar-refractivity contribution in [3.05, 3.63) is 93.9 Å². The molecule has 7 nitrogen and oxygen atoms in total. The molecular formula is C23H19N3O4S. The lowest BCUT2D eigenvalue weighted by atomic mass is 10.1. The first-order chi connectivity index (χ1) is 15.1. The summed E-state index contributed by atoms with van der Waals surface area (Å²) in [6.45, 7) is 0.297. The van der Waals surface area contributed by atoms with Gasteiger partial charge >= 0.3 is 5.97 Å². The van der Waals surface area contributed by atoms with Crippen molar-refractivity contribution in [2.75, 3.05) is 5.32 Å². The van der Waals surface area contributed by atoms with Crippen LogP contribution in [0.15, 0.2) is 77.2 Å². The largest absolute Gasteiger partial charge is 0.461 e. The molecule has 0 atom stereocenters. The van der Waals surface area contributed by atoms with Crippen molar-refractivity contribution >= 4 is 39.1 Å². The van der Waals surface area contributed by atoms with Crippen LogP contribution in [0.3, 0.4) is 0 Å². The zero-order valence-corrected chi connectivity index (χ0v) is 17.3. The molecule has 1 amide bonds. The van der Waals surface area contributed by atoms with Gasteiger partial charge in [0.1, 0.15) is 11.4 Å². The highest BCUT2D eigenvalue weighted by Gasteiger charge is 2.10. The van der Waals surface area contributed by atoms with E-state index in [2.05, 4.69) is 10.3 Å². The molecule has 4 aromatic rings. The zero-order valence-electron chi connectivity index (χ0n) is 16.5. The second-order valence-corrected chi connectivity index (χ2v) is 7.70. The number of carbonyl (C=O) groups excluding carboxylic acids is 2. The molecule has 8 heteroatoms. The van der Waals surface area contributed by atoms with E-state index in [0.717, 1.165) is 11.3 Å². The van der Waals surface area contributed by atoms with Gasteiger partial charge in [0.15, 0.2) is 0 Å². The van der Waals surface area contributed by atoms with E-state index in [1.54, 1.807) is 30.3 Å². The average molecular weight is 433 g/mol. The summed E-state index contributed by atoms with van der Waals surface area (Å²) < 4.78 is 6.70. The third kappa shape index (κ3) is 5.04. The summed E-state index contributed by atoms with van der Waals surface area (Å²) in [6, 6.07) is 17.8. The number of aromatic nitrogens is 2. The van der Waals surface area contributed by atoms with E-state index in [-0.39, 0.29) is 31.0 Å². The molecule has 0 radical (unpaired) electrons. The van der Waals surface area contributed by atoms with Crippen molar-refractivity contribution in [2.45, 2.75) is 19.6 Å². The third-order valence-corrected chi connectivity index (χ3v) is 5.48. The Bertz CT molecular complexity index is 1260. The number of thiophene rings is 1. The SMILES string of the molecule is O=C(CCn1cnc2sccc2c1=O)OCc1ccc(C(=O)Nc2ccccc2)cc1. The summed E-state index contributed by atoms with van der Waals surface area (Å²) in [4.78, 5) is 41.6. The third-order valence-electron chi connectivity index (χ3n) is 4.65. The first kappa shape index (κ1) is 20.5. The molecule has 0 bridgehead atoms.